The first-order chi connectivity index (χ1) is 5.22. The molecule has 0 N–H and O–H groups in total. The standard InChI is InChI=1S/C10H12O/c1-8(9(2)11)10-6-4-3-5-7-10/h3-8H,1-2H3/t8-/m0/s1. The number of hydrogen-bond donors (Lipinski definition) is 0. The Kier molecular flexibility index (Phi) is 2.42. The van der Waals surface area contributed by atoms with Crippen molar-refractivity contribution >= 4 is 5.78 Å². The van der Waals surface area contributed by atoms with Crippen molar-refractivity contribution in [3.63, 3.8) is 0 Å². The summed E-state index contributed by atoms with van der Waals surface area (Å²) >= 11 is 0. The van der Waals surface area contributed by atoms with Gasteiger partial charge in [0.15, 0.2) is 0 Å². The van der Waals surface area contributed by atoms with E-state index < -0.39 is 0 Å². The molecular formula is C10H12O. The molecule has 0 aliphatic carbocycles. The number of hydrogen-bond acceptors (Lipinski definition) is 1. The van der Waals surface area contributed by atoms with Crippen molar-refractivity contribution < 1.29 is 4.79 Å². The minimum Gasteiger partial charge on any atom is -0.299 e. The van der Waals surface area contributed by atoms with Crippen LogP contribution >= 0.6 is 0 Å². The number of carbonyl (C=O) groups is 1. The fraction of sp³-hybridized carbons (Fsp3) is 0.300. The second kappa shape index (κ2) is 3.33. The van der Waals surface area contributed by atoms with Crippen LogP contribution in [0.2, 0.25) is 0 Å². The lowest BCUT2D eigenvalue weighted by Gasteiger charge is -2.05. The molecule has 1 atom stereocenters. The third kappa shape index (κ3) is 1.90. The molecule has 0 spiro atoms. The Morgan fingerprint density at radius 1 is 1.27 bits per heavy atom. The van der Waals surface area contributed by atoms with Crippen molar-refractivity contribution in [3.8, 4) is 0 Å². The van der Waals surface area contributed by atoms with E-state index in [1.807, 2.05) is 37.3 Å². The number of ketones is 1. The van der Waals surface area contributed by atoms with E-state index in [0.29, 0.717) is 0 Å². The van der Waals surface area contributed by atoms with E-state index in [2.05, 4.69) is 0 Å². The van der Waals surface area contributed by atoms with Gasteiger partial charge in [-0.3, -0.25) is 4.79 Å². The number of carbonyl (C=O) groups excluding carboxylic acids is 1. The zero-order chi connectivity index (χ0) is 8.27. The van der Waals surface area contributed by atoms with Crippen molar-refractivity contribution in [2.45, 2.75) is 19.8 Å². The van der Waals surface area contributed by atoms with E-state index in [9.17, 15) is 4.79 Å². The molecule has 1 heteroatoms. The van der Waals surface area contributed by atoms with Crippen molar-refractivity contribution in [2.75, 3.05) is 0 Å². The molecule has 0 amide bonds. The molecule has 0 saturated carbocycles. The van der Waals surface area contributed by atoms with E-state index in [-0.39, 0.29) is 11.7 Å². The summed E-state index contributed by atoms with van der Waals surface area (Å²) in [5.74, 6) is 0.257. The molecule has 1 nitrogen and oxygen atoms in total. The minimum absolute atomic E-state index is 0.0381. The smallest absolute Gasteiger partial charge is 0.136 e. The van der Waals surface area contributed by atoms with Crippen LogP contribution in [-0.2, 0) is 4.79 Å². The van der Waals surface area contributed by atoms with Crippen LogP contribution in [0.5, 0.6) is 0 Å². The lowest BCUT2D eigenvalue weighted by Crippen LogP contribution is -2.03. The first kappa shape index (κ1) is 7.99. The highest BCUT2D eigenvalue weighted by Gasteiger charge is 2.08. The molecule has 1 aromatic carbocycles. The third-order valence-corrected chi connectivity index (χ3v) is 1.91. The maximum atomic E-state index is 10.9. The lowest BCUT2D eigenvalue weighted by atomic mass is 9.98. The van der Waals surface area contributed by atoms with Gasteiger partial charge in [0, 0.05) is 5.92 Å². The average Bonchev–Trinajstić information content (AvgIpc) is 2.05. The van der Waals surface area contributed by atoms with E-state index in [1.165, 1.54) is 0 Å². The van der Waals surface area contributed by atoms with Crippen LogP contribution in [0.3, 0.4) is 0 Å². The molecule has 0 radical (unpaired) electrons. The van der Waals surface area contributed by atoms with Crippen molar-refractivity contribution in [2.24, 2.45) is 0 Å². The topological polar surface area (TPSA) is 17.1 Å². The van der Waals surface area contributed by atoms with Gasteiger partial charge in [-0.1, -0.05) is 37.3 Å². The van der Waals surface area contributed by atoms with Gasteiger partial charge in [-0.05, 0) is 12.5 Å². The second-order valence-electron chi connectivity index (χ2n) is 2.74. The molecule has 0 fully saturated rings. The normalized spacial score (nSPS) is 12.5. The van der Waals surface area contributed by atoms with Crippen LogP contribution in [-0.4, -0.2) is 5.78 Å². The van der Waals surface area contributed by atoms with Gasteiger partial charge >= 0.3 is 0 Å². The molecule has 11 heavy (non-hydrogen) atoms. The molecule has 0 unspecified atom stereocenters. The lowest BCUT2D eigenvalue weighted by molar-refractivity contribution is -0.118. The van der Waals surface area contributed by atoms with Crippen molar-refractivity contribution in [3.05, 3.63) is 35.9 Å². The van der Waals surface area contributed by atoms with E-state index in [4.69, 9.17) is 0 Å². The molecule has 0 heterocycles. The third-order valence-electron chi connectivity index (χ3n) is 1.91. The van der Waals surface area contributed by atoms with Gasteiger partial charge in [0.2, 0.25) is 0 Å². The van der Waals surface area contributed by atoms with Crippen LogP contribution in [0.15, 0.2) is 30.3 Å². The predicted octanol–water partition coefficient (Wildman–Crippen LogP) is 2.38. The summed E-state index contributed by atoms with van der Waals surface area (Å²) in [6.07, 6.45) is 0. The SMILES string of the molecule is CC(=O)[C@H](C)c1ccccc1. The molecule has 58 valence electrons. The number of benzene rings is 1. The Labute approximate surface area is 67.1 Å². The van der Waals surface area contributed by atoms with Gasteiger partial charge in [-0.2, -0.15) is 0 Å². The largest absolute Gasteiger partial charge is 0.299 e. The first-order valence-electron chi connectivity index (χ1n) is 3.77. The Morgan fingerprint density at radius 2 is 1.82 bits per heavy atom. The summed E-state index contributed by atoms with van der Waals surface area (Å²) < 4.78 is 0. The van der Waals surface area contributed by atoms with E-state index in [1.54, 1.807) is 6.92 Å². The molecule has 0 aromatic heterocycles. The fourth-order valence-electron chi connectivity index (χ4n) is 0.976. The molecule has 0 aliphatic heterocycles. The fourth-order valence-corrected chi connectivity index (χ4v) is 0.976. The van der Waals surface area contributed by atoms with E-state index in [0.717, 1.165) is 5.56 Å². The molecule has 0 bridgehead atoms. The summed E-state index contributed by atoms with van der Waals surface area (Å²) in [5, 5.41) is 0. The van der Waals surface area contributed by atoms with Gasteiger partial charge in [0.05, 0.1) is 0 Å². The Hall–Kier alpha value is -1.11. The summed E-state index contributed by atoms with van der Waals surface area (Å²) in [4.78, 5) is 10.9. The summed E-state index contributed by atoms with van der Waals surface area (Å²) in [6, 6.07) is 9.82. The molecule has 0 saturated heterocycles. The monoisotopic (exact) mass is 148 g/mol. The van der Waals surface area contributed by atoms with Crippen LogP contribution in [0.25, 0.3) is 0 Å². The average molecular weight is 148 g/mol. The van der Waals surface area contributed by atoms with Crippen molar-refractivity contribution in [1.82, 2.24) is 0 Å². The predicted molar refractivity (Wildman–Crippen MR) is 45.5 cm³/mol. The second-order valence-corrected chi connectivity index (χ2v) is 2.74. The molecule has 1 aromatic rings. The Bertz CT molecular complexity index is 238. The molecular weight excluding hydrogens is 136 g/mol. The van der Waals surface area contributed by atoms with E-state index >= 15 is 0 Å². The summed E-state index contributed by atoms with van der Waals surface area (Å²) in [5.41, 5.74) is 1.10. The Balaban J connectivity index is 2.85. The molecule has 0 aliphatic rings. The van der Waals surface area contributed by atoms with Gasteiger partial charge in [0.1, 0.15) is 5.78 Å². The summed E-state index contributed by atoms with van der Waals surface area (Å²) in [7, 11) is 0. The van der Waals surface area contributed by atoms with Gasteiger partial charge in [-0.15, -0.1) is 0 Å². The van der Waals surface area contributed by atoms with Crippen LogP contribution in [0.4, 0.5) is 0 Å². The maximum absolute atomic E-state index is 10.9. The quantitative estimate of drug-likeness (QED) is 0.629. The first-order valence-corrected chi connectivity index (χ1v) is 3.77. The highest BCUT2D eigenvalue weighted by atomic mass is 16.1. The summed E-state index contributed by atoms with van der Waals surface area (Å²) in [6.45, 7) is 3.55. The highest BCUT2D eigenvalue weighted by molar-refractivity contribution is 5.82. The number of rotatable bonds is 2. The molecule has 1 rings (SSSR count). The van der Waals surface area contributed by atoms with Crippen molar-refractivity contribution in [1.29, 1.82) is 0 Å². The zero-order valence-electron chi connectivity index (χ0n) is 6.87. The minimum atomic E-state index is 0.0381. The Morgan fingerprint density at radius 3 is 2.27 bits per heavy atom. The van der Waals surface area contributed by atoms with Crippen LogP contribution < -0.4 is 0 Å². The maximum Gasteiger partial charge on any atom is 0.136 e. The van der Waals surface area contributed by atoms with Crippen LogP contribution in [0, 0.1) is 0 Å². The highest BCUT2D eigenvalue weighted by Crippen LogP contribution is 2.14. The van der Waals surface area contributed by atoms with Gasteiger partial charge in [0.25, 0.3) is 0 Å². The zero-order valence-corrected chi connectivity index (χ0v) is 6.87. The van der Waals surface area contributed by atoms with Crippen LogP contribution in [0.1, 0.15) is 25.3 Å². The van der Waals surface area contributed by atoms with Gasteiger partial charge in [-0.25, -0.2) is 0 Å². The van der Waals surface area contributed by atoms with Gasteiger partial charge < -0.3 is 0 Å². The number of Topliss-reactive ketones (excluding diaryl/α,β-unsaturated/α-hetero) is 1.